The monoisotopic (exact) mass is 232 g/mol. The van der Waals surface area contributed by atoms with Crippen molar-refractivity contribution in [2.24, 2.45) is 0 Å². The van der Waals surface area contributed by atoms with Crippen LogP contribution in [0.15, 0.2) is 49.8 Å². The molecular weight excluding hydrogens is 220 g/mol. The fraction of sp³-hybridized carbons (Fsp3) is 0.0769. The highest BCUT2D eigenvalue weighted by Crippen LogP contribution is 2.07. The Morgan fingerprint density at radius 1 is 1.06 bits per heavy atom. The maximum atomic E-state index is 11.4. The van der Waals surface area contributed by atoms with Gasteiger partial charge in [0.2, 0.25) is 0 Å². The Morgan fingerprint density at radius 3 is 2.06 bits per heavy atom. The molecule has 4 heteroatoms. The van der Waals surface area contributed by atoms with Crippen LogP contribution in [0.2, 0.25) is 0 Å². The van der Waals surface area contributed by atoms with Gasteiger partial charge in [0, 0.05) is 0 Å². The van der Waals surface area contributed by atoms with Crippen LogP contribution in [0.3, 0.4) is 0 Å². The summed E-state index contributed by atoms with van der Waals surface area (Å²) in [5.41, 5.74) is 0.701. The summed E-state index contributed by atoms with van der Waals surface area (Å²) < 4.78 is 9.42. The molecule has 0 saturated carbocycles. The number of ether oxygens (including phenoxy) is 2. The number of carbonyl (C=O) groups is 2. The minimum atomic E-state index is -0.522. The van der Waals surface area contributed by atoms with Crippen molar-refractivity contribution in [1.82, 2.24) is 0 Å². The van der Waals surface area contributed by atoms with Crippen molar-refractivity contribution in [2.75, 3.05) is 6.61 Å². The number of carbonyl (C=O) groups excluding carboxylic acids is 2. The third-order valence-electron chi connectivity index (χ3n) is 1.88. The van der Waals surface area contributed by atoms with Crippen LogP contribution in [0, 0.1) is 0 Å². The highest BCUT2D eigenvalue weighted by molar-refractivity contribution is 5.93. The SMILES string of the molecule is C=CCOC(=O)c1ccc(C(=O)OC=C)cc1. The van der Waals surface area contributed by atoms with E-state index in [9.17, 15) is 9.59 Å². The number of hydrogen-bond donors (Lipinski definition) is 0. The van der Waals surface area contributed by atoms with Gasteiger partial charge in [-0.15, -0.1) is 0 Å². The molecule has 0 radical (unpaired) electrons. The molecule has 0 aliphatic heterocycles. The Bertz CT molecular complexity index is 431. The zero-order valence-corrected chi connectivity index (χ0v) is 9.22. The van der Waals surface area contributed by atoms with Gasteiger partial charge in [-0.1, -0.05) is 19.2 Å². The summed E-state index contributed by atoms with van der Waals surface area (Å²) in [6, 6.07) is 5.95. The van der Waals surface area contributed by atoms with Crippen LogP contribution < -0.4 is 0 Å². The smallest absolute Gasteiger partial charge is 0.342 e. The van der Waals surface area contributed by atoms with E-state index >= 15 is 0 Å². The largest absolute Gasteiger partial charge is 0.458 e. The van der Waals surface area contributed by atoms with E-state index in [1.54, 1.807) is 0 Å². The molecular formula is C13H12O4. The second-order valence-corrected chi connectivity index (χ2v) is 3.04. The first-order valence-electron chi connectivity index (χ1n) is 4.89. The molecule has 1 rings (SSSR count). The number of rotatable bonds is 5. The second-order valence-electron chi connectivity index (χ2n) is 3.04. The first-order chi connectivity index (χ1) is 8.19. The molecule has 0 aromatic heterocycles. The van der Waals surface area contributed by atoms with Crippen LogP contribution >= 0.6 is 0 Å². The molecule has 1 aromatic rings. The molecule has 0 aliphatic rings. The first-order valence-corrected chi connectivity index (χ1v) is 4.89. The van der Waals surface area contributed by atoms with E-state index in [0.29, 0.717) is 11.1 Å². The molecule has 1 aromatic carbocycles. The normalized spacial score (nSPS) is 9.18. The van der Waals surface area contributed by atoms with Crippen molar-refractivity contribution in [3.63, 3.8) is 0 Å². The summed E-state index contributed by atoms with van der Waals surface area (Å²) in [7, 11) is 0. The summed E-state index contributed by atoms with van der Waals surface area (Å²) in [4.78, 5) is 22.7. The number of hydrogen-bond acceptors (Lipinski definition) is 4. The van der Waals surface area contributed by atoms with Gasteiger partial charge in [-0.05, 0) is 24.3 Å². The predicted molar refractivity (Wildman–Crippen MR) is 62.5 cm³/mol. The quantitative estimate of drug-likeness (QED) is 0.444. The molecule has 4 nitrogen and oxygen atoms in total. The highest BCUT2D eigenvalue weighted by atomic mass is 16.5. The van der Waals surface area contributed by atoms with Crippen molar-refractivity contribution in [2.45, 2.75) is 0 Å². The first kappa shape index (κ1) is 12.7. The van der Waals surface area contributed by atoms with Gasteiger partial charge in [-0.2, -0.15) is 0 Å². The molecule has 0 heterocycles. The Kier molecular flexibility index (Phi) is 4.69. The maximum Gasteiger partial charge on any atom is 0.342 e. The topological polar surface area (TPSA) is 52.6 Å². The molecule has 88 valence electrons. The fourth-order valence-electron chi connectivity index (χ4n) is 1.10. The third-order valence-corrected chi connectivity index (χ3v) is 1.88. The lowest BCUT2D eigenvalue weighted by Crippen LogP contribution is -2.06. The lowest BCUT2D eigenvalue weighted by molar-refractivity contribution is 0.0548. The van der Waals surface area contributed by atoms with Gasteiger partial charge in [-0.3, -0.25) is 0 Å². The van der Waals surface area contributed by atoms with Crippen LogP contribution in [0.25, 0.3) is 0 Å². The van der Waals surface area contributed by atoms with E-state index in [2.05, 4.69) is 17.9 Å². The van der Waals surface area contributed by atoms with Crippen LogP contribution in [0.5, 0.6) is 0 Å². The average molecular weight is 232 g/mol. The van der Waals surface area contributed by atoms with Crippen molar-refractivity contribution in [3.8, 4) is 0 Å². The van der Waals surface area contributed by atoms with E-state index < -0.39 is 11.9 Å². The van der Waals surface area contributed by atoms with Gasteiger partial charge < -0.3 is 9.47 Å². The second kappa shape index (κ2) is 6.27. The predicted octanol–water partition coefficient (Wildman–Crippen LogP) is 2.33. The molecule has 0 N–H and O–H groups in total. The Balaban J connectivity index is 2.73. The van der Waals surface area contributed by atoms with Crippen LogP contribution in [0.1, 0.15) is 20.7 Å². The molecule has 0 amide bonds. The van der Waals surface area contributed by atoms with Crippen molar-refractivity contribution >= 4 is 11.9 Å². The molecule has 0 unspecified atom stereocenters. The van der Waals surface area contributed by atoms with Crippen molar-refractivity contribution in [1.29, 1.82) is 0 Å². The summed E-state index contributed by atoms with van der Waals surface area (Å²) in [5, 5.41) is 0. The van der Waals surface area contributed by atoms with E-state index in [-0.39, 0.29) is 6.61 Å². The fourth-order valence-corrected chi connectivity index (χ4v) is 1.10. The van der Waals surface area contributed by atoms with E-state index in [0.717, 1.165) is 6.26 Å². The molecule has 0 saturated heterocycles. The van der Waals surface area contributed by atoms with Crippen molar-refractivity contribution < 1.29 is 19.1 Å². The Hall–Kier alpha value is -2.36. The summed E-state index contributed by atoms with van der Waals surface area (Å²) in [6.45, 7) is 6.87. The molecule has 0 atom stereocenters. The zero-order chi connectivity index (χ0) is 12.7. The highest BCUT2D eigenvalue weighted by Gasteiger charge is 2.09. The van der Waals surface area contributed by atoms with Gasteiger partial charge >= 0.3 is 11.9 Å². The average Bonchev–Trinajstić information content (AvgIpc) is 2.36. The van der Waals surface area contributed by atoms with Crippen LogP contribution in [0.4, 0.5) is 0 Å². The Labute approximate surface area is 99.2 Å². The van der Waals surface area contributed by atoms with Gasteiger partial charge in [0.05, 0.1) is 17.4 Å². The molecule has 0 fully saturated rings. The van der Waals surface area contributed by atoms with Gasteiger partial charge in [0.25, 0.3) is 0 Å². The lowest BCUT2D eigenvalue weighted by atomic mass is 10.1. The number of benzene rings is 1. The summed E-state index contributed by atoms with van der Waals surface area (Å²) in [6.07, 6.45) is 2.53. The van der Waals surface area contributed by atoms with Crippen LogP contribution in [-0.2, 0) is 9.47 Å². The van der Waals surface area contributed by atoms with Gasteiger partial charge in [0.1, 0.15) is 6.61 Å². The number of esters is 2. The molecule has 17 heavy (non-hydrogen) atoms. The van der Waals surface area contributed by atoms with E-state index in [1.807, 2.05) is 0 Å². The van der Waals surface area contributed by atoms with E-state index in [1.165, 1.54) is 30.3 Å². The molecule has 0 aliphatic carbocycles. The molecule has 0 spiro atoms. The summed E-state index contributed by atoms with van der Waals surface area (Å²) in [5.74, 6) is -0.987. The van der Waals surface area contributed by atoms with E-state index in [4.69, 9.17) is 4.74 Å². The molecule has 0 bridgehead atoms. The zero-order valence-electron chi connectivity index (χ0n) is 9.22. The van der Waals surface area contributed by atoms with Crippen LogP contribution in [-0.4, -0.2) is 18.5 Å². The lowest BCUT2D eigenvalue weighted by Gasteiger charge is -2.03. The standard InChI is InChI=1S/C13H12O4/c1-3-9-17-13(15)11-7-5-10(6-8-11)12(14)16-4-2/h3-8H,1-2,9H2. The maximum absolute atomic E-state index is 11.4. The van der Waals surface area contributed by atoms with Gasteiger partial charge in [0.15, 0.2) is 0 Å². The van der Waals surface area contributed by atoms with Crippen molar-refractivity contribution in [3.05, 3.63) is 60.9 Å². The minimum Gasteiger partial charge on any atom is -0.458 e. The van der Waals surface area contributed by atoms with Gasteiger partial charge in [-0.25, -0.2) is 9.59 Å². The third kappa shape index (κ3) is 3.61. The minimum absolute atomic E-state index is 0.152. The summed E-state index contributed by atoms with van der Waals surface area (Å²) >= 11 is 0. The Morgan fingerprint density at radius 2 is 1.59 bits per heavy atom.